The lowest BCUT2D eigenvalue weighted by Gasteiger charge is -2.21. The molecule has 2 amide bonds. The van der Waals surface area contributed by atoms with Crippen molar-refractivity contribution in [2.24, 2.45) is 0 Å². The molecule has 0 aliphatic carbocycles. The molecule has 0 saturated heterocycles. The van der Waals surface area contributed by atoms with Crippen LogP contribution in [0.25, 0.3) is 22.6 Å². The number of carbonyl (C=O) groups excluding carboxylic acids is 2. The second kappa shape index (κ2) is 13.0. The summed E-state index contributed by atoms with van der Waals surface area (Å²) in [5, 5.41) is 11.9. The Morgan fingerprint density at radius 3 is 2.47 bits per heavy atom. The van der Waals surface area contributed by atoms with E-state index in [0.717, 1.165) is 10.6 Å². The summed E-state index contributed by atoms with van der Waals surface area (Å²) in [5.74, 6) is -2.91. The summed E-state index contributed by atoms with van der Waals surface area (Å²) in [5.41, 5.74) is 0.150. The maximum absolute atomic E-state index is 13.5. The van der Waals surface area contributed by atoms with Crippen LogP contribution < -0.4 is 20.9 Å². The molecule has 2 N–H and O–H groups in total. The van der Waals surface area contributed by atoms with E-state index in [9.17, 15) is 27.6 Å². The number of pyridine rings is 2. The highest BCUT2D eigenvalue weighted by Crippen LogP contribution is 2.39. The van der Waals surface area contributed by atoms with Gasteiger partial charge in [0.25, 0.3) is 11.5 Å². The van der Waals surface area contributed by atoms with Crippen molar-refractivity contribution in [3.05, 3.63) is 75.8 Å². The summed E-state index contributed by atoms with van der Waals surface area (Å²) in [4.78, 5) is 42.6. The maximum Gasteiger partial charge on any atom is 0.470 e. The molecule has 3 aromatic heterocycles. The third kappa shape index (κ3) is 7.01. The lowest BCUT2D eigenvalue weighted by molar-refractivity contribution is -0.157. The van der Waals surface area contributed by atoms with Gasteiger partial charge in [0.15, 0.2) is 0 Å². The molecular weight excluding hydrogens is 597 g/mol. The molecule has 0 saturated carbocycles. The van der Waals surface area contributed by atoms with Crippen molar-refractivity contribution in [3.63, 3.8) is 0 Å². The van der Waals surface area contributed by atoms with E-state index in [1.807, 2.05) is 0 Å². The Hall–Kier alpha value is -4.76. The number of anilines is 1. The van der Waals surface area contributed by atoms with Gasteiger partial charge < -0.3 is 24.5 Å². The van der Waals surface area contributed by atoms with Crippen LogP contribution in [0.5, 0.6) is 5.75 Å². The highest BCUT2D eigenvalue weighted by Gasteiger charge is 2.38. The fourth-order valence-electron chi connectivity index (χ4n) is 4.10. The number of aromatic nitrogens is 4. The first-order valence-corrected chi connectivity index (χ1v) is 12.8. The van der Waals surface area contributed by atoms with Gasteiger partial charge in [0.2, 0.25) is 11.8 Å². The number of nitrogens with zero attached hydrogens (tertiary/aromatic N) is 4. The number of nitrogens with one attached hydrogen (secondary N) is 2. The Morgan fingerprint density at radius 2 is 1.86 bits per heavy atom. The molecule has 4 rings (SSSR count). The van der Waals surface area contributed by atoms with Crippen LogP contribution in [0.1, 0.15) is 28.8 Å². The summed E-state index contributed by atoms with van der Waals surface area (Å²) in [6.45, 7) is 0.111. The Kier molecular flexibility index (Phi) is 9.46. The molecule has 1 atom stereocenters. The number of carbonyl (C=O) groups is 2. The minimum Gasteiger partial charge on any atom is -0.495 e. The van der Waals surface area contributed by atoms with Gasteiger partial charge in [-0.1, -0.05) is 11.6 Å². The van der Waals surface area contributed by atoms with Crippen LogP contribution in [0.4, 0.5) is 18.9 Å². The van der Waals surface area contributed by atoms with E-state index in [1.54, 1.807) is 0 Å². The molecule has 0 fully saturated rings. The van der Waals surface area contributed by atoms with E-state index in [4.69, 9.17) is 25.5 Å². The van der Waals surface area contributed by atoms with Crippen molar-refractivity contribution >= 4 is 29.1 Å². The average Bonchev–Trinajstić information content (AvgIpc) is 3.49. The number of alkyl halides is 3. The van der Waals surface area contributed by atoms with Gasteiger partial charge in [-0.3, -0.25) is 19.0 Å². The highest BCUT2D eigenvalue weighted by molar-refractivity contribution is 6.31. The third-order valence-corrected chi connectivity index (χ3v) is 6.39. The number of ether oxygens (including phenoxy) is 2. The second-order valence-corrected chi connectivity index (χ2v) is 9.34. The summed E-state index contributed by atoms with van der Waals surface area (Å²) < 4.78 is 56.0. The van der Waals surface area contributed by atoms with Crippen LogP contribution >= 0.6 is 11.6 Å². The van der Waals surface area contributed by atoms with E-state index in [0.29, 0.717) is 0 Å². The molecule has 1 aromatic carbocycles. The molecule has 43 heavy (non-hydrogen) atoms. The molecule has 4 aromatic rings. The molecule has 0 spiro atoms. The fraction of sp³-hybridized carbons (Fsp3) is 0.259. The van der Waals surface area contributed by atoms with Crippen LogP contribution in [-0.4, -0.2) is 59.4 Å². The normalized spacial score (nSPS) is 12.1. The van der Waals surface area contributed by atoms with Crippen molar-refractivity contribution in [1.82, 2.24) is 25.1 Å². The molecule has 1 unspecified atom stereocenters. The number of hydrogen-bond acceptors (Lipinski definition) is 9. The summed E-state index contributed by atoms with van der Waals surface area (Å²) in [6.07, 6.45) is -2.19. The summed E-state index contributed by atoms with van der Waals surface area (Å²) in [7, 11) is 4.21. The number of benzene rings is 1. The molecule has 0 bridgehead atoms. The molecule has 0 radical (unpaired) electrons. The standard InChI is InChI=1S/C27H24ClF3N6O6/c1-32-23(39)19-7-5-15(12-33-19)34-24(40)20(8-9-41-2)37-13-21(42-3)18(11-22(37)38)17-10-14(28)4-6-16(17)25-35-36-26(43-25)27(29,30)31/h4-7,10-13,20H,8-9H2,1-3H3,(H,32,39)(H,34,40). The number of rotatable bonds is 10. The second-order valence-electron chi connectivity index (χ2n) is 8.90. The van der Waals surface area contributed by atoms with E-state index < -0.39 is 41.4 Å². The van der Waals surface area contributed by atoms with Gasteiger partial charge in [-0.05, 0) is 35.9 Å². The Bertz CT molecular complexity index is 1690. The van der Waals surface area contributed by atoms with E-state index in [-0.39, 0.29) is 51.9 Å². The summed E-state index contributed by atoms with van der Waals surface area (Å²) in [6, 6.07) is 7.16. The van der Waals surface area contributed by atoms with Gasteiger partial charge in [0.1, 0.15) is 17.5 Å². The zero-order valence-electron chi connectivity index (χ0n) is 22.9. The number of hydrogen-bond donors (Lipinski definition) is 2. The zero-order valence-corrected chi connectivity index (χ0v) is 23.6. The first-order chi connectivity index (χ1) is 20.5. The lowest BCUT2D eigenvalue weighted by Crippen LogP contribution is -2.34. The predicted octanol–water partition coefficient (Wildman–Crippen LogP) is 4.22. The van der Waals surface area contributed by atoms with E-state index in [1.165, 1.54) is 64.0 Å². The highest BCUT2D eigenvalue weighted by atomic mass is 35.5. The van der Waals surface area contributed by atoms with Crippen molar-refractivity contribution in [3.8, 4) is 28.3 Å². The van der Waals surface area contributed by atoms with Gasteiger partial charge in [-0.15, -0.1) is 10.2 Å². The maximum atomic E-state index is 13.5. The number of methoxy groups -OCH3 is 2. The number of halogens is 4. The van der Waals surface area contributed by atoms with Gasteiger partial charge in [0, 0.05) is 49.4 Å². The van der Waals surface area contributed by atoms with Crippen molar-refractivity contribution in [1.29, 1.82) is 0 Å². The molecule has 16 heteroatoms. The first kappa shape index (κ1) is 31.2. The predicted molar refractivity (Wildman–Crippen MR) is 148 cm³/mol. The molecule has 3 heterocycles. The van der Waals surface area contributed by atoms with Crippen LogP contribution in [0.3, 0.4) is 0 Å². The van der Waals surface area contributed by atoms with Crippen molar-refractivity contribution < 1.29 is 36.7 Å². The van der Waals surface area contributed by atoms with Crippen LogP contribution in [-0.2, 0) is 15.7 Å². The van der Waals surface area contributed by atoms with E-state index >= 15 is 0 Å². The quantitative estimate of drug-likeness (QED) is 0.266. The molecule has 0 aliphatic rings. The largest absolute Gasteiger partial charge is 0.495 e. The van der Waals surface area contributed by atoms with Gasteiger partial charge in [-0.2, -0.15) is 13.2 Å². The molecule has 226 valence electrons. The summed E-state index contributed by atoms with van der Waals surface area (Å²) >= 11 is 6.20. The van der Waals surface area contributed by atoms with Gasteiger partial charge in [-0.25, -0.2) is 4.98 Å². The molecule has 0 aliphatic heterocycles. The Morgan fingerprint density at radius 1 is 1.09 bits per heavy atom. The van der Waals surface area contributed by atoms with Gasteiger partial charge in [0.05, 0.1) is 25.2 Å². The van der Waals surface area contributed by atoms with Crippen molar-refractivity contribution in [2.45, 2.75) is 18.6 Å². The van der Waals surface area contributed by atoms with E-state index in [2.05, 4.69) is 25.8 Å². The number of amides is 2. The van der Waals surface area contributed by atoms with Crippen LogP contribution in [0.2, 0.25) is 5.02 Å². The third-order valence-electron chi connectivity index (χ3n) is 6.16. The van der Waals surface area contributed by atoms with Crippen LogP contribution in [0, 0.1) is 0 Å². The monoisotopic (exact) mass is 620 g/mol. The zero-order chi connectivity index (χ0) is 31.3. The smallest absolute Gasteiger partial charge is 0.470 e. The first-order valence-electron chi connectivity index (χ1n) is 12.5. The van der Waals surface area contributed by atoms with Crippen LogP contribution in [0.15, 0.2) is 58.0 Å². The van der Waals surface area contributed by atoms with Gasteiger partial charge >= 0.3 is 12.1 Å². The topological polar surface area (TPSA) is 150 Å². The Labute approximate surface area is 246 Å². The minimum atomic E-state index is -4.87. The SMILES string of the molecule is CNC(=O)c1ccc(NC(=O)C(CCOC)n2cc(OC)c(-c3cc(Cl)ccc3-c3nnc(C(F)(F)F)o3)cc2=O)cn1. The Balaban J connectivity index is 1.74. The lowest BCUT2D eigenvalue weighted by atomic mass is 9.99. The average molecular weight is 621 g/mol. The fourth-order valence-corrected chi connectivity index (χ4v) is 4.27. The van der Waals surface area contributed by atoms with Crippen molar-refractivity contribution in [2.75, 3.05) is 33.2 Å². The molecule has 12 nitrogen and oxygen atoms in total. The minimum absolute atomic E-state index is 0.0595. The molecular formula is C27H24ClF3N6O6.